The van der Waals surface area contributed by atoms with E-state index in [1.54, 1.807) is 13.8 Å². The molecule has 0 amide bonds. The molecule has 0 radical (unpaired) electrons. The van der Waals surface area contributed by atoms with Crippen LogP contribution in [0.5, 0.6) is 0 Å². The lowest BCUT2D eigenvalue weighted by Gasteiger charge is -2.18. The summed E-state index contributed by atoms with van der Waals surface area (Å²) in [5.41, 5.74) is 0.734. The number of furan rings is 1. The third kappa shape index (κ3) is 3.04. The molecule has 0 spiro atoms. The number of aldehydes is 1. The molecule has 1 heterocycles. The first kappa shape index (κ1) is 13.7. The van der Waals surface area contributed by atoms with E-state index in [0.29, 0.717) is 12.8 Å². The molecule has 0 N–H and O–H groups in total. The van der Waals surface area contributed by atoms with Crippen molar-refractivity contribution in [2.45, 2.75) is 18.9 Å². The van der Waals surface area contributed by atoms with Crippen molar-refractivity contribution in [1.82, 2.24) is 4.31 Å². The summed E-state index contributed by atoms with van der Waals surface area (Å²) in [6.45, 7) is 7.70. The van der Waals surface area contributed by atoms with Gasteiger partial charge in [0.2, 0.25) is 5.09 Å². The normalized spacial score (nSPS) is 11.7. The number of carbonyl (C=O) groups excluding carboxylic acids is 1. The number of hydrogen-bond donors (Lipinski definition) is 0. The number of carbonyl (C=O) groups is 1. The van der Waals surface area contributed by atoms with Crippen LogP contribution >= 0.6 is 0 Å². The quantitative estimate of drug-likeness (QED) is 0.574. The SMILES string of the molecule is C=C(C)CN(CC)S(=O)(=O)c1ccc(C=O)o1. The number of hydrogen-bond acceptors (Lipinski definition) is 4. The van der Waals surface area contributed by atoms with Crippen molar-refractivity contribution >= 4 is 16.3 Å². The molecule has 0 bridgehead atoms. The van der Waals surface area contributed by atoms with Crippen LogP contribution in [0.3, 0.4) is 0 Å². The van der Waals surface area contributed by atoms with Crippen LogP contribution in [0.4, 0.5) is 0 Å². The van der Waals surface area contributed by atoms with Gasteiger partial charge < -0.3 is 4.42 Å². The van der Waals surface area contributed by atoms with Gasteiger partial charge in [0.25, 0.3) is 10.0 Å². The molecule has 0 saturated carbocycles. The Morgan fingerprint density at radius 2 is 2.18 bits per heavy atom. The molecule has 5 nitrogen and oxygen atoms in total. The van der Waals surface area contributed by atoms with Gasteiger partial charge in [0.15, 0.2) is 12.0 Å². The van der Waals surface area contributed by atoms with E-state index in [9.17, 15) is 13.2 Å². The van der Waals surface area contributed by atoms with Crippen LogP contribution in [0.25, 0.3) is 0 Å². The zero-order valence-corrected chi connectivity index (χ0v) is 10.7. The highest BCUT2D eigenvalue weighted by molar-refractivity contribution is 7.89. The van der Waals surface area contributed by atoms with E-state index in [1.165, 1.54) is 16.4 Å². The standard InChI is InChI=1S/C11H15NO4S/c1-4-12(7-9(2)3)17(14,15)11-6-5-10(8-13)16-11/h5-6,8H,2,4,7H2,1,3H3. The van der Waals surface area contributed by atoms with E-state index in [2.05, 4.69) is 6.58 Å². The number of likely N-dealkylation sites (N-methyl/N-ethyl adjacent to an activating group) is 1. The lowest BCUT2D eigenvalue weighted by molar-refractivity contribution is 0.109. The predicted octanol–water partition coefficient (Wildman–Crippen LogP) is 1.68. The second-order valence-electron chi connectivity index (χ2n) is 3.66. The molecule has 0 atom stereocenters. The van der Waals surface area contributed by atoms with Crippen LogP contribution < -0.4 is 0 Å². The highest BCUT2D eigenvalue weighted by Crippen LogP contribution is 2.18. The molecule has 0 aromatic carbocycles. The molecule has 0 unspecified atom stereocenters. The monoisotopic (exact) mass is 257 g/mol. The average Bonchev–Trinajstić information content (AvgIpc) is 2.74. The predicted molar refractivity (Wildman–Crippen MR) is 63.3 cm³/mol. The van der Waals surface area contributed by atoms with E-state index in [1.807, 2.05) is 0 Å². The summed E-state index contributed by atoms with van der Waals surface area (Å²) in [5.74, 6) is -0.00467. The van der Waals surface area contributed by atoms with Crippen LogP contribution in [0.15, 0.2) is 33.8 Å². The molecular formula is C11H15NO4S. The van der Waals surface area contributed by atoms with Crippen LogP contribution in [0.2, 0.25) is 0 Å². The molecule has 0 fully saturated rings. The molecule has 1 rings (SSSR count). The maximum atomic E-state index is 12.1. The minimum atomic E-state index is -3.69. The molecule has 0 aliphatic carbocycles. The van der Waals surface area contributed by atoms with Crippen molar-refractivity contribution in [3.63, 3.8) is 0 Å². The zero-order chi connectivity index (χ0) is 13.1. The van der Waals surface area contributed by atoms with E-state index in [0.717, 1.165) is 5.57 Å². The minimum Gasteiger partial charge on any atom is -0.440 e. The highest BCUT2D eigenvalue weighted by atomic mass is 32.2. The van der Waals surface area contributed by atoms with Gasteiger partial charge in [0.05, 0.1) is 0 Å². The number of rotatable bonds is 6. The topological polar surface area (TPSA) is 67.6 Å². The van der Waals surface area contributed by atoms with Crippen molar-refractivity contribution in [1.29, 1.82) is 0 Å². The van der Waals surface area contributed by atoms with Gasteiger partial charge in [-0.25, -0.2) is 8.42 Å². The van der Waals surface area contributed by atoms with E-state index in [4.69, 9.17) is 4.42 Å². The molecule has 0 aliphatic heterocycles. The summed E-state index contributed by atoms with van der Waals surface area (Å²) in [4.78, 5) is 10.4. The van der Waals surface area contributed by atoms with E-state index < -0.39 is 10.0 Å². The van der Waals surface area contributed by atoms with Gasteiger partial charge in [0.1, 0.15) is 0 Å². The van der Waals surface area contributed by atoms with Crippen molar-refractivity contribution in [3.05, 3.63) is 30.0 Å². The van der Waals surface area contributed by atoms with Gasteiger partial charge in [-0.2, -0.15) is 4.31 Å². The first-order valence-corrected chi connectivity index (χ1v) is 6.55. The van der Waals surface area contributed by atoms with Gasteiger partial charge in [-0.1, -0.05) is 19.1 Å². The zero-order valence-electron chi connectivity index (χ0n) is 9.84. The number of nitrogens with zero attached hydrogens (tertiary/aromatic N) is 1. The van der Waals surface area contributed by atoms with Crippen molar-refractivity contribution in [2.75, 3.05) is 13.1 Å². The van der Waals surface area contributed by atoms with Gasteiger partial charge in [0, 0.05) is 13.1 Å². The van der Waals surface area contributed by atoms with E-state index >= 15 is 0 Å². The molecule has 6 heteroatoms. The van der Waals surface area contributed by atoms with Crippen molar-refractivity contribution in [2.24, 2.45) is 0 Å². The lowest BCUT2D eigenvalue weighted by Crippen LogP contribution is -2.32. The van der Waals surface area contributed by atoms with Crippen LogP contribution in [0, 0.1) is 0 Å². The van der Waals surface area contributed by atoms with Crippen molar-refractivity contribution in [3.8, 4) is 0 Å². The maximum Gasteiger partial charge on any atom is 0.276 e. The Balaban J connectivity index is 3.07. The molecule has 1 aromatic heterocycles. The van der Waals surface area contributed by atoms with Crippen LogP contribution in [0.1, 0.15) is 24.4 Å². The third-order valence-corrected chi connectivity index (χ3v) is 3.91. The Kier molecular flexibility index (Phi) is 4.25. The average molecular weight is 257 g/mol. The first-order chi connectivity index (χ1) is 7.91. The smallest absolute Gasteiger partial charge is 0.276 e. The lowest BCUT2D eigenvalue weighted by atomic mass is 10.3. The van der Waals surface area contributed by atoms with Gasteiger partial charge in [-0.15, -0.1) is 0 Å². The summed E-state index contributed by atoms with van der Waals surface area (Å²) >= 11 is 0. The Bertz CT molecular complexity index is 515. The summed E-state index contributed by atoms with van der Waals surface area (Å²) < 4.78 is 30.4. The number of sulfonamides is 1. The maximum absolute atomic E-state index is 12.1. The Hall–Kier alpha value is -1.40. The molecule has 1 aromatic rings. The van der Waals surface area contributed by atoms with Gasteiger partial charge in [-0.3, -0.25) is 4.79 Å². The Labute approximate surface area is 101 Å². The summed E-state index contributed by atoms with van der Waals surface area (Å²) in [5, 5.41) is -0.220. The summed E-state index contributed by atoms with van der Waals surface area (Å²) in [6, 6.07) is 2.61. The van der Waals surface area contributed by atoms with Gasteiger partial charge in [-0.05, 0) is 19.1 Å². The van der Waals surface area contributed by atoms with Crippen LogP contribution in [-0.4, -0.2) is 32.1 Å². The molecule has 0 saturated heterocycles. The first-order valence-electron chi connectivity index (χ1n) is 5.11. The van der Waals surface area contributed by atoms with Crippen molar-refractivity contribution < 1.29 is 17.6 Å². The van der Waals surface area contributed by atoms with Crippen LogP contribution in [-0.2, 0) is 10.0 Å². The van der Waals surface area contributed by atoms with E-state index in [-0.39, 0.29) is 17.4 Å². The fourth-order valence-corrected chi connectivity index (χ4v) is 2.76. The highest BCUT2D eigenvalue weighted by Gasteiger charge is 2.26. The summed E-state index contributed by atoms with van der Waals surface area (Å²) in [7, 11) is -3.69. The summed E-state index contributed by atoms with van der Waals surface area (Å²) in [6.07, 6.45) is 0.466. The largest absolute Gasteiger partial charge is 0.440 e. The third-order valence-electron chi connectivity index (χ3n) is 2.11. The molecule has 94 valence electrons. The second-order valence-corrected chi connectivity index (χ2v) is 5.53. The van der Waals surface area contributed by atoms with Gasteiger partial charge >= 0.3 is 0 Å². The fraction of sp³-hybridized carbons (Fsp3) is 0.364. The Morgan fingerprint density at radius 1 is 1.53 bits per heavy atom. The minimum absolute atomic E-state index is 0.00467. The fourth-order valence-electron chi connectivity index (χ4n) is 1.33. The molecule has 0 aliphatic rings. The molecular weight excluding hydrogens is 242 g/mol. The Morgan fingerprint density at radius 3 is 2.59 bits per heavy atom. The molecule has 17 heavy (non-hydrogen) atoms. The second kappa shape index (κ2) is 5.29.